The summed E-state index contributed by atoms with van der Waals surface area (Å²) in [5.74, 6) is 0.393. The van der Waals surface area contributed by atoms with Crippen LogP contribution >= 0.6 is 27.3 Å². The van der Waals surface area contributed by atoms with Crippen molar-refractivity contribution in [3.05, 3.63) is 51.8 Å². The highest BCUT2D eigenvalue weighted by Gasteiger charge is 2.24. The Morgan fingerprint density at radius 2 is 1.86 bits per heavy atom. The van der Waals surface area contributed by atoms with Crippen LogP contribution in [-0.2, 0) is 10.0 Å². The summed E-state index contributed by atoms with van der Waals surface area (Å²) < 4.78 is 28.9. The van der Waals surface area contributed by atoms with Crippen molar-refractivity contribution in [3.8, 4) is 0 Å². The molecule has 1 aromatic heterocycles. The number of nitrogens with one attached hydrogen (secondary N) is 1. The van der Waals surface area contributed by atoms with Gasteiger partial charge >= 0.3 is 0 Å². The van der Waals surface area contributed by atoms with Crippen molar-refractivity contribution in [1.82, 2.24) is 4.72 Å². The number of benzene rings is 1. The number of hydrogen-bond acceptors (Lipinski definition) is 3. The SMILES string of the molecule is CC(C)CC(NS(=O)(=O)c1sccc1Br)c1ccccc1. The van der Waals surface area contributed by atoms with Crippen molar-refractivity contribution in [1.29, 1.82) is 0 Å². The largest absolute Gasteiger partial charge is 0.251 e. The molecule has 3 nitrogen and oxygen atoms in total. The quantitative estimate of drug-likeness (QED) is 0.788. The minimum atomic E-state index is -3.52. The van der Waals surface area contributed by atoms with Gasteiger partial charge in [0.1, 0.15) is 4.21 Å². The monoisotopic (exact) mass is 387 g/mol. The van der Waals surface area contributed by atoms with Crippen LogP contribution in [0.2, 0.25) is 0 Å². The van der Waals surface area contributed by atoms with Crippen LogP contribution in [0.4, 0.5) is 0 Å². The standard InChI is InChI=1S/C15H18BrNO2S2/c1-11(2)10-14(12-6-4-3-5-7-12)17-21(18,19)15-13(16)8-9-20-15/h3-9,11,14,17H,10H2,1-2H3. The maximum Gasteiger partial charge on any atom is 0.251 e. The Hall–Kier alpha value is -0.690. The van der Waals surface area contributed by atoms with Crippen LogP contribution in [0.25, 0.3) is 0 Å². The summed E-state index contributed by atoms with van der Waals surface area (Å²) in [4.78, 5) is 0. The first kappa shape index (κ1) is 16.7. The number of halogens is 1. The number of thiophene rings is 1. The molecule has 1 aromatic carbocycles. The van der Waals surface area contributed by atoms with Gasteiger partial charge in [0.25, 0.3) is 10.0 Å². The van der Waals surface area contributed by atoms with Gasteiger partial charge in [-0.3, -0.25) is 0 Å². The molecule has 1 atom stereocenters. The third-order valence-corrected chi connectivity index (χ3v) is 7.18. The third kappa shape index (κ3) is 4.39. The second-order valence-electron chi connectivity index (χ2n) is 5.27. The first-order valence-corrected chi connectivity index (χ1v) is 9.86. The topological polar surface area (TPSA) is 46.2 Å². The van der Waals surface area contributed by atoms with E-state index in [2.05, 4.69) is 34.5 Å². The summed E-state index contributed by atoms with van der Waals surface area (Å²) in [7, 11) is -3.52. The summed E-state index contributed by atoms with van der Waals surface area (Å²) in [5, 5.41) is 1.76. The van der Waals surface area contributed by atoms with Crippen molar-refractivity contribution >= 4 is 37.3 Å². The average Bonchev–Trinajstić information content (AvgIpc) is 2.85. The lowest BCUT2D eigenvalue weighted by molar-refractivity contribution is 0.472. The molecular weight excluding hydrogens is 370 g/mol. The Bertz CT molecular complexity index is 681. The van der Waals surface area contributed by atoms with Crippen LogP contribution in [0.5, 0.6) is 0 Å². The molecule has 0 fully saturated rings. The Kier molecular flexibility index (Phi) is 5.60. The molecule has 1 N–H and O–H groups in total. The van der Waals surface area contributed by atoms with E-state index in [0.29, 0.717) is 14.6 Å². The predicted octanol–water partition coefficient (Wildman–Crippen LogP) is 4.58. The second-order valence-corrected chi connectivity index (χ2v) is 8.95. The van der Waals surface area contributed by atoms with Crippen LogP contribution in [0.3, 0.4) is 0 Å². The molecule has 6 heteroatoms. The van der Waals surface area contributed by atoms with E-state index in [4.69, 9.17) is 0 Å². The number of hydrogen-bond donors (Lipinski definition) is 1. The summed E-state index contributed by atoms with van der Waals surface area (Å²) in [6, 6.07) is 11.2. The van der Waals surface area contributed by atoms with E-state index in [1.165, 1.54) is 11.3 Å². The molecule has 0 saturated heterocycles. The smallest absolute Gasteiger partial charge is 0.206 e. The van der Waals surface area contributed by atoms with Crippen molar-refractivity contribution in [2.24, 2.45) is 5.92 Å². The van der Waals surface area contributed by atoms with Crippen molar-refractivity contribution < 1.29 is 8.42 Å². The van der Waals surface area contributed by atoms with E-state index in [1.54, 1.807) is 11.4 Å². The Labute approximate surface area is 138 Å². The molecule has 1 heterocycles. The van der Waals surface area contributed by atoms with E-state index in [-0.39, 0.29) is 6.04 Å². The first-order chi connectivity index (χ1) is 9.90. The van der Waals surface area contributed by atoms with E-state index < -0.39 is 10.0 Å². The molecule has 0 radical (unpaired) electrons. The van der Waals surface area contributed by atoms with Gasteiger partial charge in [0.2, 0.25) is 0 Å². The third-order valence-electron chi connectivity index (χ3n) is 3.03. The van der Waals surface area contributed by atoms with E-state index in [9.17, 15) is 8.42 Å². The molecule has 1 unspecified atom stereocenters. The molecule has 0 saturated carbocycles. The Morgan fingerprint density at radius 1 is 1.19 bits per heavy atom. The fraction of sp³-hybridized carbons (Fsp3) is 0.333. The highest BCUT2D eigenvalue weighted by Crippen LogP contribution is 2.30. The molecule has 0 aliphatic heterocycles. The molecule has 0 aliphatic rings. The first-order valence-electron chi connectivity index (χ1n) is 6.70. The van der Waals surface area contributed by atoms with Gasteiger partial charge in [0, 0.05) is 10.5 Å². The molecule has 0 aliphatic carbocycles. The van der Waals surface area contributed by atoms with Gasteiger partial charge in [-0.05, 0) is 45.3 Å². The molecule has 114 valence electrons. The minimum Gasteiger partial charge on any atom is -0.206 e. The molecule has 0 spiro atoms. The maximum atomic E-state index is 12.5. The molecule has 2 aromatic rings. The maximum absolute atomic E-state index is 12.5. The zero-order chi connectivity index (χ0) is 15.5. The molecular formula is C15H18BrNO2S2. The normalized spacial score (nSPS) is 13.5. The number of sulfonamides is 1. The lowest BCUT2D eigenvalue weighted by Crippen LogP contribution is -2.29. The summed E-state index contributed by atoms with van der Waals surface area (Å²) in [6.07, 6.45) is 0.756. The fourth-order valence-electron chi connectivity index (χ4n) is 2.12. The highest BCUT2D eigenvalue weighted by molar-refractivity contribution is 9.10. The Balaban J connectivity index is 2.29. The predicted molar refractivity (Wildman–Crippen MR) is 91.0 cm³/mol. The zero-order valence-electron chi connectivity index (χ0n) is 11.9. The molecule has 2 rings (SSSR count). The molecule has 0 amide bonds. The summed E-state index contributed by atoms with van der Waals surface area (Å²) in [6.45, 7) is 4.18. The van der Waals surface area contributed by atoms with Gasteiger partial charge in [-0.2, -0.15) is 0 Å². The zero-order valence-corrected chi connectivity index (χ0v) is 15.1. The van der Waals surface area contributed by atoms with Gasteiger partial charge in [-0.15, -0.1) is 11.3 Å². The van der Waals surface area contributed by atoms with Crippen molar-refractivity contribution in [3.63, 3.8) is 0 Å². The van der Waals surface area contributed by atoms with Crippen LogP contribution < -0.4 is 4.72 Å². The Morgan fingerprint density at radius 3 is 2.38 bits per heavy atom. The lowest BCUT2D eigenvalue weighted by atomic mass is 9.98. The van der Waals surface area contributed by atoms with Crippen LogP contribution in [-0.4, -0.2) is 8.42 Å². The van der Waals surface area contributed by atoms with Gasteiger partial charge in [-0.25, -0.2) is 13.1 Å². The van der Waals surface area contributed by atoms with Gasteiger partial charge in [0.05, 0.1) is 0 Å². The van der Waals surface area contributed by atoms with E-state index in [1.807, 2.05) is 30.3 Å². The summed E-state index contributed by atoms with van der Waals surface area (Å²) in [5.41, 5.74) is 0.988. The van der Waals surface area contributed by atoms with Crippen molar-refractivity contribution in [2.45, 2.75) is 30.5 Å². The average molecular weight is 388 g/mol. The number of rotatable bonds is 6. The lowest BCUT2D eigenvalue weighted by Gasteiger charge is -2.20. The summed E-state index contributed by atoms with van der Waals surface area (Å²) >= 11 is 4.51. The fourth-order valence-corrected chi connectivity index (χ4v) is 5.71. The van der Waals surface area contributed by atoms with E-state index in [0.717, 1.165) is 12.0 Å². The minimum absolute atomic E-state index is 0.217. The van der Waals surface area contributed by atoms with Crippen LogP contribution in [0.1, 0.15) is 31.9 Å². The highest BCUT2D eigenvalue weighted by atomic mass is 79.9. The van der Waals surface area contributed by atoms with Crippen LogP contribution in [0, 0.1) is 5.92 Å². The molecule has 21 heavy (non-hydrogen) atoms. The van der Waals surface area contributed by atoms with Gasteiger partial charge in [0.15, 0.2) is 0 Å². The molecule has 0 bridgehead atoms. The van der Waals surface area contributed by atoms with Crippen molar-refractivity contribution in [2.75, 3.05) is 0 Å². The van der Waals surface area contributed by atoms with Gasteiger partial charge in [-0.1, -0.05) is 44.2 Å². The second kappa shape index (κ2) is 7.05. The van der Waals surface area contributed by atoms with Crippen LogP contribution in [0.15, 0.2) is 50.5 Å². The van der Waals surface area contributed by atoms with E-state index >= 15 is 0 Å². The van der Waals surface area contributed by atoms with Gasteiger partial charge < -0.3 is 0 Å².